The molecule has 0 saturated carbocycles. The van der Waals surface area contributed by atoms with Gasteiger partial charge in [0.2, 0.25) is 5.78 Å². The van der Waals surface area contributed by atoms with Gasteiger partial charge in [-0.3, -0.25) is 4.79 Å². The van der Waals surface area contributed by atoms with E-state index in [9.17, 15) is 9.59 Å². The van der Waals surface area contributed by atoms with Crippen LogP contribution in [-0.4, -0.2) is 30.5 Å². The Bertz CT molecular complexity index is 454. The van der Waals surface area contributed by atoms with Gasteiger partial charge in [0.25, 0.3) is 0 Å². The molecule has 4 nitrogen and oxygen atoms in total. The van der Waals surface area contributed by atoms with Crippen molar-refractivity contribution in [2.75, 3.05) is 18.5 Å². The molecule has 1 heterocycles. The Balaban J connectivity index is 2.19. The van der Waals surface area contributed by atoms with Crippen molar-refractivity contribution < 1.29 is 14.7 Å². The average Bonchev–Trinajstić information content (AvgIpc) is 2.60. The van der Waals surface area contributed by atoms with Crippen molar-refractivity contribution in [3.8, 4) is 0 Å². The lowest BCUT2D eigenvalue weighted by Crippen LogP contribution is -2.15. The molecule has 4 heteroatoms. The largest absolute Gasteiger partial charge is 0.475 e. The normalized spacial score (nSPS) is 13.7. The SMILES string of the molecule is CN1CCc2cc(CC(=O)C(=O)O)ccc21. The van der Waals surface area contributed by atoms with Crippen molar-refractivity contribution in [1.29, 1.82) is 0 Å². The molecule has 1 N–H and O–H groups in total. The summed E-state index contributed by atoms with van der Waals surface area (Å²) in [7, 11) is 2.02. The van der Waals surface area contributed by atoms with E-state index in [2.05, 4.69) is 4.90 Å². The molecule has 1 aliphatic rings. The summed E-state index contributed by atoms with van der Waals surface area (Å²) < 4.78 is 0. The first-order valence-electron chi connectivity index (χ1n) is 5.17. The maximum Gasteiger partial charge on any atom is 0.372 e. The van der Waals surface area contributed by atoms with Gasteiger partial charge in [0.15, 0.2) is 0 Å². The number of hydrogen-bond acceptors (Lipinski definition) is 3. The van der Waals surface area contributed by atoms with Gasteiger partial charge in [0, 0.05) is 25.7 Å². The van der Waals surface area contributed by atoms with Crippen LogP contribution in [0, 0.1) is 0 Å². The summed E-state index contributed by atoms with van der Waals surface area (Å²) in [6.45, 7) is 0.978. The van der Waals surface area contributed by atoms with Crippen molar-refractivity contribution in [3.63, 3.8) is 0 Å². The number of carboxylic acids is 1. The summed E-state index contributed by atoms with van der Waals surface area (Å²) >= 11 is 0. The zero-order valence-corrected chi connectivity index (χ0v) is 9.06. The quantitative estimate of drug-likeness (QED) is 0.766. The van der Waals surface area contributed by atoms with Crippen molar-refractivity contribution in [2.24, 2.45) is 0 Å². The van der Waals surface area contributed by atoms with Gasteiger partial charge in [0.05, 0.1) is 0 Å². The molecule has 0 aliphatic carbocycles. The zero-order valence-electron chi connectivity index (χ0n) is 9.06. The summed E-state index contributed by atoms with van der Waals surface area (Å²) in [4.78, 5) is 23.6. The Morgan fingerprint density at radius 3 is 2.88 bits per heavy atom. The minimum absolute atomic E-state index is 0.0215. The van der Waals surface area contributed by atoms with Gasteiger partial charge in [0.1, 0.15) is 0 Å². The number of carboxylic acid groups (broad SMARTS) is 1. The second-order valence-electron chi connectivity index (χ2n) is 4.04. The Morgan fingerprint density at radius 2 is 2.19 bits per heavy atom. The summed E-state index contributed by atoms with van der Waals surface area (Å²) in [6, 6.07) is 5.70. The van der Waals surface area contributed by atoms with Crippen LogP contribution in [0.1, 0.15) is 11.1 Å². The molecule has 0 saturated heterocycles. The van der Waals surface area contributed by atoms with Crippen LogP contribution in [0.25, 0.3) is 0 Å². The van der Waals surface area contributed by atoms with Gasteiger partial charge < -0.3 is 10.0 Å². The number of Topliss-reactive ketones (excluding diaryl/α,β-unsaturated/α-hetero) is 1. The molecule has 1 aromatic rings. The topological polar surface area (TPSA) is 57.6 Å². The highest BCUT2D eigenvalue weighted by Gasteiger charge is 2.17. The van der Waals surface area contributed by atoms with Crippen molar-refractivity contribution >= 4 is 17.4 Å². The van der Waals surface area contributed by atoms with Crippen molar-refractivity contribution in [1.82, 2.24) is 0 Å². The van der Waals surface area contributed by atoms with Crippen LogP contribution in [0.15, 0.2) is 18.2 Å². The lowest BCUT2D eigenvalue weighted by atomic mass is 10.0. The van der Waals surface area contributed by atoms with Gasteiger partial charge in [-0.05, 0) is 23.6 Å². The molecule has 2 rings (SSSR count). The van der Waals surface area contributed by atoms with Crippen molar-refractivity contribution in [3.05, 3.63) is 29.3 Å². The van der Waals surface area contributed by atoms with Crippen LogP contribution in [0.2, 0.25) is 0 Å². The Hall–Kier alpha value is -1.84. The van der Waals surface area contributed by atoms with Gasteiger partial charge in [-0.2, -0.15) is 0 Å². The van der Waals surface area contributed by atoms with E-state index in [1.54, 1.807) is 0 Å². The van der Waals surface area contributed by atoms with Crippen LogP contribution in [0.5, 0.6) is 0 Å². The number of nitrogens with zero attached hydrogens (tertiary/aromatic N) is 1. The van der Waals surface area contributed by atoms with E-state index in [0.29, 0.717) is 0 Å². The fourth-order valence-corrected chi connectivity index (χ4v) is 1.99. The van der Waals surface area contributed by atoms with Crippen LogP contribution in [0.3, 0.4) is 0 Å². The third-order valence-corrected chi connectivity index (χ3v) is 2.87. The molecule has 0 atom stereocenters. The van der Waals surface area contributed by atoms with Crippen LogP contribution in [0.4, 0.5) is 5.69 Å². The predicted molar refractivity (Wildman–Crippen MR) is 59.8 cm³/mol. The lowest BCUT2D eigenvalue weighted by molar-refractivity contribution is -0.148. The highest BCUT2D eigenvalue weighted by Crippen LogP contribution is 2.27. The molecule has 0 amide bonds. The fourth-order valence-electron chi connectivity index (χ4n) is 1.99. The molecule has 1 aliphatic heterocycles. The second-order valence-corrected chi connectivity index (χ2v) is 4.04. The van der Waals surface area contributed by atoms with E-state index in [-0.39, 0.29) is 6.42 Å². The molecule has 16 heavy (non-hydrogen) atoms. The van der Waals surface area contributed by atoms with Crippen LogP contribution in [-0.2, 0) is 22.4 Å². The van der Waals surface area contributed by atoms with Gasteiger partial charge in [-0.15, -0.1) is 0 Å². The van der Waals surface area contributed by atoms with Crippen LogP contribution < -0.4 is 4.90 Å². The number of ketones is 1. The number of hydrogen-bond donors (Lipinski definition) is 1. The lowest BCUT2D eigenvalue weighted by Gasteiger charge is -2.11. The summed E-state index contributed by atoms with van der Waals surface area (Å²) in [5.41, 5.74) is 3.14. The monoisotopic (exact) mass is 219 g/mol. The van der Waals surface area contributed by atoms with E-state index >= 15 is 0 Å². The van der Waals surface area contributed by atoms with E-state index in [4.69, 9.17) is 5.11 Å². The molecular weight excluding hydrogens is 206 g/mol. The smallest absolute Gasteiger partial charge is 0.372 e. The summed E-state index contributed by atoms with van der Waals surface area (Å²) in [6.07, 6.45) is 0.938. The number of fused-ring (bicyclic) bond motifs is 1. The van der Waals surface area contributed by atoms with E-state index < -0.39 is 11.8 Å². The van der Waals surface area contributed by atoms with Crippen molar-refractivity contribution in [2.45, 2.75) is 12.8 Å². The molecule has 1 aromatic carbocycles. The third kappa shape index (κ3) is 1.91. The highest BCUT2D eigenvalue weighted by molar-refractivity contribution is 6.33. The zero-order chi connectivity index (χ0) is 11.7. The Morgan fingerprint density at radius 1 is 1.44 bits per heavy atom. The highest BCUT2D eigenvalue weighted by atomic mass is 16.4. The first-order valence-corrected chi connectivity index (χ1v) is 5.17. The van der Waals surface area contributed by atoms with E-state index in [0.717, 1.165) is 18.5 Å². The standard InChI is InChI=1S/C12H13NO3/c1-13-5-4-9-6-8(2-3-10(9)13)7-11(14)12(15)16/h2-3,6H,4-5,7H2,1H3,(H,15,16). The Labute approximate surface area is 93.5 Å². The maximum absolute atomic E-state index is 11.1. The third-order valence-electron chi connectivity index (χ3n) is 2.87. The summed E-state index contributed by atoms with van der Waals surface area (Å²) in [5.74, 6) is -2.12. The van der Waals surface area contributed by atoms with E-state index in [1.807, 2.05) is 25.2 Å². The number of carbonyl (C=O) groups excluding carboxylic acids is 1. The first-order chi connectivity index (χ1) is 7.58. The molecular formula is C12H13NO3. The van der Waals surface area contributed by atoms with Crippen LogP contribution >= 0.6 is 0 Å². The average molecular weight is 219 g/mol. The molecule has 0 aromatic heterocycles. The maximum atomic E-state index is 11.1. The number of anilines is 1. The molecule has 0 fully saturated rings. The molecule has 0 spiro atoms. The van der Waals surface area contributed by atoms with E-state index in [1.165, 1.54) is 11.3 Å². The molecule has 0 unspecified atom stereocenters. The summed E-state index contributed by atoms with van der Waals surface area (Å²) in [5, 5.41) is 8.52. The Kier molecular flexibility index (Phi) is 2.64. The molecule has 0 radical (unpaired) electrons. The number of aliphatic carboxylic acids is 1. The second kappa shape index (κ2) is 3.96. The van der Waals surface area contributed by atoms with Gasteiger partial charge in [-0.1, -0.05) is 12.1 Å². The van der Waals surface area contributed by atoms with Gasteiger partial charge >= 0.3 is 5.97 Å². The minimum Gasteiger partial charge on any atom is -0.475 e. The molecule has 0 bridgehead atoms. The number of likely N-dealkylation sites (N-methyl/N-ethyl adjacent to an activating group) is 1. The number of rotatable bonds is 3. The van der Waals surface area contributed by atoms with Gasteiger partial charge in [-0.25, -0.2) is 4.79 Å². The minimum atomic E-state index is -1.36. The predicted octanol–water partition coefficient (Wildman–Crippen LogP) is 0.875. The number of carbonyl (C=O) groups is 2. The first kappa shape index (κ1) is 10.7. The molecule has 84 valence electrons. The number of benzene rings is 1. The fraction of sp³-hybridized carbons (Fsp3) is 0.333.